The summed E-state index contributed by atoms with van der Waals surface area (Å²) >= 11 is 1.61. The van der Waals surface area contributed by atoms with Gasteiger partial charge in [0.05, 0.1) is 6.54 Å². The van der Waals surface area contributed by atoms with Crippen molar-refractivity contribution in [1.29, 1.82) is 0 Å². The molecule has 0 bridgehead atoms. The minimum Gasteiger partial charge on any atom is -0.492 e. The highest BCUT2D eigenvalue weighted by molar-refractivity contribution is 7.12. The Labute approximate surface area is 146 Å². The van der Waals surface area contributed by atoms with Crippen LogP contribution in [0.3, 0.4) is 0 Å². The number of hydrogen-bond donors (Lipinski definition) is 1. The van der Waals surface area contributed by atoms with E-state index in [1.54, 1.807) is 11.3 Å². The SMILES string of the molecule is Cc1ccc(OCCNC(=O)CCC(=O)c2cc(C)sc2C)cc1. The summed E-state index contributed by atoms with van der Waals surface area (Å²) < 4.78 is 5.54. The van der Waals surface area contributed by atoms with Crippen molar-refractivity contribution in [1.82, 2.24) is 5.32 Å². The molecule has 1 aromatic carbocycles. The van der Waals surface area contributed by atoms with Gasteiger partial charge in [0.2, 0.25) is 5.91 Å². The number of carbonyl (C=O) groups is 2. The molecule has 24 heavy (non-hydrogen) atoms. The number of nitrogens with one attached hydrogen (secondary N) is 1. The first-order chi connectivity index (χ1) is 11.5. The van der Waals surface area contributed by atoms with Crippen LogP contribution in [0.1, 0.15) is 38.5 Å². The second-order valence-corrected chi connectivity index (χ2v) is 7.22. The summed E-state index contributed by atoms with van der Waals surface area (Å²) in [4.78, 5) is 26.1. The zero-order valence-corrected chi connectivity index (χ0v) is 15.2. The molecule has 0 unspecified atom stereocenters. The number of Topliss-reactive ketones (excluding diaryl/α,β-unsaturated/α-hetero) is 1. The van der Waals surface area contributed by atoms with Gasteiger partial charge in [0.1, 0.15) is 12.4 Å². The number of hydrogen-bond acceptors (Lipinski definition) is 4. The maximum atomic E-state index is 12.1. The van der Waals surface area contributed by atoms with E-state index in [-0.39, 0.29) is 24.5 Å². The summed E-state index contributed by atoms with van der Waals surface area (Å²) in [7, 11) is 0. The number of thiophene rings is 1. The molecule has 0 aliphatic heterocycles. The van der Waals surface area contributed by atoms with Crippen LogP contribution in [0, 0.1) is 20.8 Å². The van der Waals surface area contributed by atoms with Gasteiger partial charge in [0.15, 0.2) is 5.78 Å². The number of amides is 1. The Morgan fingerprint density at radius 1 is 1.08 bits per heavy atom. The summed E-state index contributed by atoms with van der Waals surface area (Å²) in [5, 5.41) is 2.78. The van der Waals surface area contributed by atoms with Gasteiger partial charge in [-0.15, -0.1) is 11.3 Å². The molecule has 0 atom stereocenters. The van der Waals surface area contributed by atoms with Crippen molar-refractivity contribution in [2.75, 3.05) is 13.2 Å². The Balaban J connectivity index is 1.65. The van der Waals surface area contributed by atoms with Crippen molar-refractivity contribution in [3.05, 3.63) is 51.2 Å². The smallest absolute Gasteiger partial charge is 0.220 e. The standard InChI is InChI=1S/C19H23NO3S/c1-13-4-6-16(7-5-13)23-11-10-20-19(22)9-8-18(21)17-12-14(2)24-15(17)3/h4-7,12H,8-11H2,1-3H3,(H,20,22). The molecule has 0 saturated heterocycles. The summed E-state index contributed by atoms with van der Waals surface area (Å²) in [6.07, 6.45) is 0.444. The largest absolute Gasteiger partial charge is 0.492 e. The lowest BCUT2D eigenvalue weighted by Gasteiger charge is -2.08. The third-order valence-electron chi connectivity index (χ3n) is 3.63. The van der Waals surface area contributed by atoms with Crippen molar-refractivity contribution < 1.29 is 14.3 Å². The highest BCUT2D eigenvalue weighted by Crippen LogP contribution is 2.22. The van der Waals surface area contributed by atoms with Crippen molar-refractivity contribution in [3.8, 4) is 5.75 Å². The second-order valence-electron chi connectivity index (χ2n) is 5.76. The summed E-state index contributed by atoms with van der Waals surface area (Å²) in [6, 6.07) is 9.67. The number of ketones is 1. The lowest BCUT2D eigenvalue weighted by molar-refractivity contribution is -0.121. The number of benzene rings is 1. The number of aryl methyl sites for hydroxylation is 3. The highest BCUT2D eigenvalue weighted by Gasteiger charge is 2.13. The van der Waals surface area contributed by atoms with Gasteiger partial charge >= 0.3 is 0 Å². The topological polar surface area (TPSA) is 55.4 Å². The van der Waals surface area contributed by atoms with E-state index < -0.39 is 0 Å². The van der Waals surface area contributed by atoms with E-state index in [0.29, 0.717) is 13.2 Å². The van der Waals surface area contributed by atoms with Gasteiger partial charge in [-0.1, -0.05) is 17.7 Å². The molecule has 128 valence electrons. The van der Waals surface area contributed by atoms with E-state index in [1.165, 1.54) is 5.56 Å². The first kappa shape index (κ1) is 18.2. The average Bonchev–Trinajstić information content (AvgIpc) is 2.89. The summed E-state index contributed by atoms with van der Waals surface area (Å²) in [5.41, 5.74) is 1.92. The molecule has 4 nitrogen and oxygen atoms in total. The molecule has 5 heteroatoms. The van der Waals surface area contributed by atoms with Crippen LogP contribution in [0.4, 0.5) is 0 Å². The fourth-order valence-corrected chi connectivity index (χ4v) is 3.29. The maximum absolute atomic E-state index is 12.1. The average molecular weight is 345 g/mol. The predicted octanol–water partition coefficient (Wildman–Crippen LogP) is 3.83. The molecule has 0 saturated carbocycles. The van der Waals surface area contributed by atoms with Gasteiger partial charge in [-0.05, 0) is 39.0 Å². The van der Waals surface area contributed by atoms with Crippen LogP contribution in [-0.4, -0.2) is 24.8 Å². The number of rotatable bonds is 8. The first-order valence-electron chi connectivity index (χ1n) is 8.02. The molecular weight excluding hydrogens is 322 g/mol. The van der Waals surface area contributed by atoms with Gasteiger partial charge in [-0.25, -0.2) is 0 Å². The van der Waals surface area contributed by atoms with Crippen LogP contribution in [0.15, 0.2) is 30.3 Å². The Kier molecular flexibility index (Phi) is 6.55. The van der Waals surface area contributed by atoms with Crippen LogP contribution >= 0.6 is 11.3 Å². The first-order valence-corrected chi connectivity index (χ1v) is 8.84. The van der Waals surface area contributed by atoms with Gasteiger partial charge in [0.25, 0.3) is 0 Å². The predicted molar refractivity (Wildman–Crippen MR) is 97.0 cm³/mol. The van der Waals surface area contributed by atoms with Gasteiger partial charge in [-0.3, -0.25) is 9.59 Å². The van der Waals surface area contributed by atoms with E-state index in [9.17, 15) is 9.59 Å². The van der Waals surface area contributed by atoms with E-state index in [1.807, 2.05) is 51.1 Å². The molecule has 2 aromatic rings. The molecule has 1 amide bonds. The fourth-order valence-electron chi connectivity index (χ4n) is 2.35. The van der Waals surface area contributed by atoms with Crippen molar-refractivity contribution in [2.45, 2.75) is 33.6 Å². The zero-order chi connectivity index (χ0) is 17.5. The molecular formula is C19H23NO3S. The van der Waals surface area contributed by atoms with Crippen molar-refractivity contribution in [2.24, 2.45) is 0 Å². The lowest BCUT2D eigenvalue weighted by atomic mass is 10.1. The van der Waals surface area contributed by atoms with Crippen LogP contribution in [-0.2, 0) is 4.79 Å². The van der Waals surface area contributed by atoms with E-state index in [0.717, 1.165) is 21.1 Å². The molecule has 0 aliphatic carbocycles. The van der Waals surface area contributed by atoms with E-state index >= 15 is 0 Å². The van der Waals surface area contributed by atoms with Gasteiger partial charge < -0.3 is 10.1 Å². The lowest BCUT2D eigenvalue weighted by Crippen LogP contribution is -2.28. The Hall–Kier alpha value is -2.14. The quantitative estimate of drug-likeness (QED) is 0.584. The third-order valence-corrected chi connectivity index (χ3v) is 4.60. The summed E-state index contributed by atoms with van der Waals surface area (Å²) in [5.74, 6) is 0.691. The second kappa shape index (κ2) is 8.64. The maximum Gasteiger partial charge on any atom is 0.220 e. The van der Waals surface area contributed by atoms with Crippen molar-refractivity contribution >= 4 is 23.0 Å². The molecule has 0 aliphatic rings. The molecule has 1 aromatic heterocycles. The Morgan fingerprint density at radius 2 is 1.79 bits per heavy atom. The number of carbonyl (C=O) groups excluding carboxylic acids is 2. The minimum atomic E-state index is -0.125. The monoisotopic (exact) mass is 345 g/mol. The van der Waals surface area contributed by atoms with E-state index in [2.05, 4.69) is 5.32 Å². The highest BCUT2D eigenvalue weighted by atomic mass is 32.1. The van der Waals surface area contributed by atoms with Crippen LogP contribution in [0.25, 0.3) is 0 Å². The third kappa shape index (κ3) is 5.49. The van der Waals surface area contributed by atoms with E-state index in [4.69, 9.17) is 4.74 Å². The molecule has 0 radical (unpaired) electrons. The normalized spacial score (nSPS) is 10.5. The van der Waals surface area contributed by atoms with Crippen LogP contribution in [0.2, 0.25) is 0 Å². The molecule has 0 spiro atoms. The van der Waals surface area contributed by atoms with Gasteiger partial charge in [0, 0.05) is 28.2 Å². The molecule has 0 fully saturated rings. The minimum absolute atomic E-state index is 0.0305. The fraction of sp³-hybridized carbons (Fsp3) is 0.368. The number of ether oxygens (including phenoxy) is 1. The zero-order valence-electron chi connectivity index (χ0n) is 14.3. The Morgan fingerprint density at radius 3 is 2.42 bits per heavy atom. The molecule has 2 rings (SSSR count). The molecule has 1 N–H and O–H groups in total. The van der Waals surface area contributed by atoms with Crippen LogP contribution < -0.4 is 10.1 Å². The van der Waals surface area contributed by atoms with Crippen LogP contribution in [0.5, 0.6) is 5.75 Å². The summed E-state index contributed by atoms with van der Waals surface area (Å²) in [6.45, 7) is 6.77. The Bertz CT molecular complexity index is 704. The van der Waals surface area contributed by atoms with Crippen molar-refractivity contribution in [3.63, 3.8) is 0 Å². The van der Waals surface area contributed by atoms with Gasteiger partial charge in [-0.2, -0.15) is 0 Å². The molecule has 1 heterocycles.